The van der Waals surface area contributed by atoms with Gasteiger partial charge in [-0.15, -0.1) is 6.58 Å². The Morgan fingerprint density at radius 1 is 1.70 bits per heavy atom. The fourth-order valence-electron chi connectivity index (χ4n) is 0.866. The van der Waals surface area contributed by atoms with Gasteiger partial charge < -0.3 is 10.1 Å². The van der Waals surface area contributed by atoms with Gasteiger partial charge in [0.05, 0.1) is 6.61 Å². The minimum absolute atomic E-state index is 0.419. The van der Waals surface area contributed by atoms with E-state index in [9.17, 15) is 0 Å². The van der Waals surface area contributed by atoms with Gasteiger partial charge in [0.1, 0.15) is 0 Å². The van der Waals surface area contributed by atoms with Gasteiger partial charge in [0.15, 0.2) is 0 Å². The standard InChI is InChI=1S/C8H17NO/c1-7(2)5-8(9-3)6-10-4/h8-9H,1,5-6H2,2-4H3. The van der Waals surface area contributed by atoms with Crippen LogP contribution in [-0.4, -0.2) is 26.8 Å². The van der Waals surface area contributed by atoms with Crippen LogP contribution in [-0.2, 0) is 4.74 Å². The van der Waals surface area contributed by atoms with Crippen molar-refractivity contribution in [3.63, 3.8) is 0 Å². The number of methoxy groups -OCH3 is 1. The van der Waals surface area contributed by atoms with Crippen molar-refractivity contribution in [1.82, 2.24) is 5.32 Å². The summed E-state index contributed by atoms with van der Waals surface area (Å²) in [5.74, 6) is 0. The van der Waals surface area contributed by atoms with Gasteiger partial charge in [0.2, 0.25) is 0 Å². The van der Waals surface area contributed by atoms with Crippen LogP contribution in [0, 0.1) is 0 Å². The minimum atomic E-state index is 0.419. The highest BCUT2D eigenvalue weighted by atomic mass is 16.5. The highest BCUT2D eigenvalue weighted by Gasteiger charge is 2.03. The Balaban J connectivity index is 3.49. The molecule has 1 atom stereocenters. The van der Waals surface area contributed by atoms with Crippen LogP contribution in [0.3, 0.4) is 0 Å². The van der Waals surface area contributed by atoms with Crippen LogP contribution in [0.1, 0.15) is 13.3 Å². The van der Waals surface area contributed by atoms with Crippen molar-refractivity contribution in [3.05, 3.63) is 12.2 Å². The molecule has 0 rings (SSSR count). The molecule has 0 fully saturated rings. The zero-order chi connectivity index (χ0) is 7.98. The quantitative estimate of drug-likeness (QED) is 0.584. The second-order valence-corrected chi connectivity index (χ2v) is 2.60. The molecule has 0 aromatic carbocycles. The fraction of sp³-hybridized carbons (Fsp3) is 0.750. The first-order chi connectivity index (χ1) is 4.70. The largest absolute Gasteiger partial charge is 0.383 e. The first kappa shape index (κ1) is 9.66. The highest BCUT2D eigenvalue weighted by Crippen LogP contribution is 2.00. The maximum Gasteiger partial charge on any atom is 0.0618 e. The van der Waals surface area contributed by atoms with Crippen LogP contribution in [0.4, 0.5) is 0 Å². The van der Waals surface area contributed by atoms with Crippen LogP contribution < -0.4 is 5.32 Å². The predicted octanol–water partition coefficient (Wildman–Crippen LogP) is 1.19. The smallest absolute Gasteiger partial charge is 0.0618 e. The average molecular weight is 143 g/mol. The molecule has 0 saturated carbocycles. The van der Waals surface area contributed by atoms with E-state index in [4.69, 9.17) is 4.74 Å². The average Bonchev–Trinajstić information content (AvgIpc) is 1.86. The van der Waals surface area contributed by atoms with Crippen molar-refractivity contribution in [1.29, 1.82) is 0 Å². The third kappa shape index (κ3) is 4.53. The number of hydrogen-bond donors (Lipinski definition) is 1. The van der Waals surface area contributed by atoms with Crippen molar-refractivity contribution >= 4 is 0 Å². The maximum atomic E-state index is 4.99. The molecule has 0 amide bonds. The Hall–Kier alpha value is -0.340. The summed E-state index contributed by atoms with van der Waals surface area (Å²) >= 11 is 0. The molecule has 60 valence electrons. The molecule has 0 radical (unpaired) electrons. The number of nitrogens with one attached hydrogen (secondary N) is 1. The molecular formula is C8H17NO. The normalized spacial score (nSPS) is 13.1. The van der Waals surface area contributed by atoms with Crippen molar-refractivity contribution in [2.45, 2.75) is 19.4 Å². The molecule has 0 aliphatic heterocycles. The van der Waals surface area contributed by atoms with E-state index < -0.39 is 0 Å². The number of likely N-dealkylation sites (N-methyl/N-ethyl adjacent to an activating group) is 1. The number of hydrogen-bond acceptors (Lipinski definition) is 2. The Morgan fingerprint density at radius 3 is 2.60 bits per heavy atom. The van der Waals surface area contributed by atoms with Gasteiger partial charge in [-0.25, -0.2) is 0 Å². The summed E-state index contributed by atoms with van der Waals surface area (Å²) < 4.78 is 4.99. The third-order valence-electron chi connectivity index (χ3n) is 1.37. The van der Waals surface area contributed by atoms with Gasteiger partial charge in [0.25, 0.3) is 0 Å². The van der Waals surface area contributed by atoms with E-state index in [-0.39, 0.29) is 0 Å². The van der Waals surface area contributed by atoms with Crippen LogP contribution in [0.15, 0.2) is 12.2 Å². The molecule has 0 aromatic rings. The Morgan fingerprint density at radius 2 is 2.30 bits per heavy atom. The van der Waals surface area contributed by atoms with E-state index in [1.807, 2.05) is 14.0 Å². The molecule has 0 spiro atoms. The van der Waals surface area contributed by atoms with E-state index in [2.05, 4.69) is 11.9 Å². The monoisotopic (exact) mass is 143 g/mol. The summed E-state index contributed by atoms with van der Waals surface area (Å²) in [6.45, 7) is 6.61. The zero-order valence-corrected chi connectivity index (χ0v) is 7.11. The predicted molar refractivity (Wildman–Crippen MR) is 44.2 cm³/mol. The lowest BCUT2D eigenvalue weighted by atomic mass is 10.1. The summed E-state index contributed by atoms with van der Waals surface area (Å²) in [5.41, 5.74) is 1.19. The van der Waals surface area contributed by atoms with Crippen LogP contribution in [0.5, 0.6) is 0 Å². The van der Waals surface area contributed by atoms with Crippen molar-refractivity contribution in [2.75, 3.05) is 20.8 Å². The van der Waals surface area contributed by atoms with Crippen molar-refractivity contribution < 1.29 is 4.74 Å². The van der Waals surface area contributed by atoms with E-state index in [0.29, 0.717) is 6.04 Å². The highest BCUT2D eigenvalue weighted by molar-refractivity contribution is 4.92. The lowest BCUT2D eigenvalue weighted by Gasteiger charge is -2.14. The molecule has 0 aliphatic rings. The minimum Gasteiger partial charge on any atom is -0.383 e. The van der Waals surface area contributed by atoms with Gasteiger partial charge in [-0.2, -0.15) is 0 Å². The van der Waals surface area contributed by atoms with Gasteiger partial charge in [-0.05, 0) is 20.4 Å². The van der Waals surface area contributed by atoms with E-state index in [1.165, 1.54) is 5.57 Å². The van der Waals surface area contributed by atoms with Crippen LogP contribution in [0.2, 0.25) is 0 Å². The molecule has 1 N–H and O–H groups in total. The summed E-state index contributed by atoms with van der Waals surface area (Å²) in [6.07, 6.45) is 0.990. The second-order valence-electron chi connectivity index (χ2n) is 2.60. The molecular weight excluding hydrogens is 126 g/mol. The van der Waals surface area contributed by atoms with Crippen LogP contribution >= 0.6 is 0 Å². The zero-order valence-electron chi connectivity index (χ0n) is 7.11. The molecule has 0 aromatic heterocycles. The molecule has 0 heterocycles. The molecule has 0 aliphatic carbocycles. The van der Waals surface area contributed by atoms with Crippen molar-refractivity contribution in [2.24, 2.45) is 0 Å². The Bertz CT molecular complexity index is 101. The van der Waals surface area contributed by atoms with Gasteiger partial charge in [0, 0.05) is 13.2 Å². The Kier molecular flexibility index (Phi) is 5.26. The van der Waals surface area contributed by atoms with Crippen molar-refractivity contribution in [3.8, 4) is 0 Å². The summed E-state index contributed by atoms with van der Waals surface area (Å²) in [5, 5.41) is 3.15. The maximum absolute atomic E-state index is 4.99. The second kappa shape index (κ2) is 5.45. The molecule has 1 unspecified atom stereocenters. The van der Waals surface area contributed by atoms with Gasteiger partial charge in [-0.1, -0.05) is 5.57 Å². The van der Waals surface area contributed by atoms with E-state index >= 15 is 0 Å². The van der Waals surface area contributed by atoms with Crippen LogP contribution in [0.25, 0.3) is 0 Å². The lowest BCUT2D eigenvalue weighted by Crippen LogP contribution is -2.29. The summed E-state index contributed by atoms with van der Waals surface area (Å²) in [4.78, 5) is 0. The fourth-order valence-corrected chi connectivity index (χ4v) is 0.866. The topological polar surface area (TPSA) is 21.3 Å². The molecule has 0 bridgehead atoms. The number of rotatable bonds is 5. The summed E-state index contributed by atoms with van der Waals surface area (Å²) in [7, 11) is 3.65. The van der Waals surface area contributed by atoms with E-state index in [1.54, 1.807) is 7.11 Å². The Labute approximate surface area is 63.3 Å². The SMILES string of the molecule is C=C(C)CC(COC)NC. The first-order valence-corrected chi connectivity index (χ1v) is 3.51. The number of ether oxygens (including phenoxy) is 1. The molecule has 10 heavy (non-hydrogen) atoms. The molecule has 0 saturated heterocycles. The third-order valence-corrected chi connectivity index (χ3v) is 1.37. The van der Waals surface area contributed by atoms with Gasteiger partial charge in [-0.3, -0.25) is 0 Å². The lowest BCUT2D eigenvalue weighted by molar-refractivity contribution is 0.169. The first-order valence-electron chi connectivity index (χ1n) is 3.51. The summed E-state index contributed by atoms with van der Waals surface area (Å²) in [6, 6.07) is 0.419. The molecule has 2 heteroatoms. The van der Waals surface area contributed by atoms with E-state index in [0.717, 1.165) is 13.0 Å². The van der Waals surface area contributed by atoms with Gasteiger partial charge >= 0.3 is 0 Å². The molecule has 2 nitrogen and oxygen atoms in total.